The van der Waals surface area contributed by atoms with Crippen molar-refractivity contribution in [1.82, 2.24) is 9.21 Å². The minimum Gasteiger partial charge on any atom is -0.389 e. The highest BCUT2D eigenvalue weighted by molar-refractivity contribution is 7.91. The summed E-state index contributed by atoms with van der Waals surface area (Å²) < 4.78 is 27.2. The molecule has 8 heteroatoms. The van der Waals surface area contributed by atoms with Crippen LogP contribution < -0.4 is 5.73 Å². The van der Waals surface area contributed by atoms with Crippen molar-refractivity contribution in [2.45, 2.75) is 23.6 Å². The molecule has 112 valence electrons. The van der Waals surface area contributed by atoms with Crippen LogP contribution in [0.15, 0.2) is 16.3 Å². The van der Waals surface area contributed by atoms with Crippen molar-refractivity contribution in [3.63, 3.8) is 0 Å². The van der Waals surface area contributed by atoms with Crippen molar-refractivity contribution in [1.29, 1.82) is 0 Å². The molecule has 0 atom stereocenters. The van der Waals surface area contributed by atoms with E-state index in [1.54, 1.807) is 16.4 Å². The monoisotopic (exact) mass is 333 g/mol. The number of nitrogens with zero attached hydrogens (tertiary/aromatic N) is 2. The van der Waals surface area contributed by atoms with Crippen molar-refractivity contribution in [3.05, 3.63) is 17.0 Å². The van der Waals surface area contributed by atoms with Crippen LogP contribution in [0.4, 0.5) is 0 Å². The normalized spacial score (nSPS) is 20.9. The van der Waals surface area contributed by atoms with E-state index in [1.807, 2.05) is 20.9 Å². The fraction of sp³-hybridized carbons (Fsp3) is 0.583. The Kier molecular flexibility index (Phi) is 4.23. The molecule has 2 N–H and O–H groups in total. The molecule has 0 unspecified atom stereocenters. The average Bonchev–Trinajstić information content (AvgIpc) is 2.82. The van der Waals surface area contributed by atoms with E-state index >= 15 is 0 Å². The zero-order chi connectivity index (χ0) is 15.1. The largest absolute Gasteiger partial charge is 0.389 e. The lowest BCUT2D eigenvalue weighted by atomic mass is 10.0. The predicted octanol–water partition coefficient (Wildman–Crippen LogP) is 1.10. The quantitative estimate of drug-likeness (QED) is 0.839. The van der Waals surface area contributed by atoms with Crippen molar-refractivity contribution in [2.75, 3.05) is 26.7 Å². The Morgan fingerprint density at radius 2 is 2.05 bits per heavy atom. The second kappa shape index (κ2) is 5.34. The average molecular weight is 334 g/mol. The van der Waals surface area contributed by atoms with E-state index in [0.717, 1.165) is 17.9 Å². The topological polar surface area (TPSA) is 66.6 Å². The summed E-state index contributed by atoms with van der Waals surface area (Å²) in [5.41, 5.74) is 5.36. The lowest BCUT2D eigenvalue weighted by Gasteiger charge is -2.44. The van der Waals surface area contributed by atoms with Crippen LogP contribution in [0.1, 0.15) is 18.7 Å². The number of rotatable bonds is 3. The maximum absolute atomic E-state index is 12.7. The van der Waals surface area contributed by atoms with Gasteiger partial charge in [0.2, 0.25) is 0 Å². The van der Waals surface area contributed by atoms with E-state index in [9.17, 15) is 8.42 Å². The molecule has 1 aliphatic rings. The van der Waals surface area contributed by atoms with Gasteiger partial charge in [0.1, 0.15) is 9.20 Å². The molecule has 1 aromatic rings. The summed E-state index contributed by atoms with van der Waals surface area (Å²) in [5, 5.41) is 0. The molecule has 0 amide bonds. The highest BCUT2D eigenvalue weighted by Crippen LogP contribution is 2.28. The molecule has 1 saturated heterocycles. The molecule has 2 rings (SSSR count). The van der Waals surface area contributed by atoms with Gasteiger partial charge in [-0.3, -0.25) is 4.90 Å². The fourth-order valence-corrected chi connectivity index (χ4v) is 5.21. The Balaban J connectivity index is 2.28. The first kappa shape index (κ1) is 15.8. The molecule has 5 nitrogen and oxygen atoms in total. The Hall–Kier alpha value is -0.540. The lowest BCUT2D eigenvalue weighted by molar-refractivity contribution is 0.0802. The molecule has 20 heavy (non-hydrogen) atoms. The second-order valence-corrected chi connectivity index (χ2v) is 9.24. The number of piperazine rings is 1. The third-order valence-electron chi connectivity index (χ3n) is 3.70. The molecule has 0 aromatic carbocycles. The summed E-state index contributed by atoms with van der Waals surface area (Å²) >= 11 is 6.01. The summed E-state index contributed by atoms with van der Waals surface area (Å²) in [6.07, 6.45) is 0. The van der Waals surface area contributed by atoms with E-state index in [4.69, 9.17) is 18.0 Å². The molecule has 2 heterocycles. The molecule has 0 aliphatic carbocycles. The molecule has 1 aromatic heterocycles. The van der Waals surface area contributed by atoms with Gasteiger partial charge in [-0.25, -0.2) is 8.42 Å². The molecule has 1 fully saturated rings. The van der Waals surface area contributed by atoms with E-state index in [1.165, 1.54) is 0 Å². The van der Waals surface area contributed by atoms with Crippen molar-refractivity contribution < 1.29 is 8.42 Å². The SMILES string of the molecule is CN1CCN(S(=O)(=O)c2ccc(C(N)=S)s2)CC1(C)C. The number of thiophene rings is 1. The smallest absolute Gasteiger partial charge is 0.252 e. The Morgan fingerprint density at radius 3 is 2.55 bits per heavy atom. The van der Waals surface area contributed by atoms with Crippen molar-refractivity contribution in [3.8, 4) is 0 Å². The van der Waals surface area contributed by atoms with Crippen LogP contribution in [-0.4, -0.2) is 54.8 Å². The number of hydrogen-bond acceptors (Lipinski definition) is 5. The highest BCUT2D eigenvalue weighted by Gasteiger charge is 2.37. The number of nitrogens with two attached hydrogens (primary N) is 1. The van der Waals surface area contributed by atoms with Crippen LogP contribution in [-0.2, 0) is 10.0 Å². The maximum atomic E-state index is 12.7. The van der Waals surface area contributed by atoms with Crippen LogP contribution in [0.5, 0.6) is 0 Å². The number of hydrogen-bond donors (Lipinski definition) is 1. The summed E-state index contributed by atoms with van der Waals surface area (Å²) in [6.45, 7) is 5.79. The summed E-state index contributed by atoms with van der Waals surface area (Å²) in [6, 6.07) is 3.25. The van der Waals surface area contributed by atoms with Gasteiger partial charge in [0.25, 0.3) is 10.0 Å². The summed E-state index contributed by atoms with van der Waals surface area (Å²) in [7, 11) is -1.45. The van der Waals surface area contributed by atoms with Gasteiger partial charge in [-0.2, -0.15) is 4.31 Å². The zero-order valence-electron chi connectivity index (χ0n) is 11.8. The second-order valence-electron chi connectivity index (χ2n) is 5.56. The number of sulfonamides is 1. The summed E-state index contributed by atoms with van der Waals surface area (Å²) in [5.74, 6) is 0. The number of thiocarbonyl (C=S) groups is 1. The third kappa shape index (κ3) is 2.89. The first-order chi connectivity index (χ1) is 9.14. The molecule has 0 bridgehead atoms. The first-order valence-corrected chi connectivity index (χ1v) is 8.92. The van der Waals surface area contributed by atoms with E-state index in [-0.39, 0.29) is 10.5 Å². The standard InChI is InChI=1S/C12H19N3O2S3/c1-12(2)8-15(7-6-14(12)3)20(16,17)10-5-4-9(19-10)11(13)18/h4-5H,6-8H2,1-3H3,(H2,13,18). The molecule has 0 saturated carbocycles. The maximum Gasteiger partial charge on any atom is 0.252 e. The van der Waals surface area contributed by atoms with Crippen molar-refractivity contribution in [2.24, 2.45) is 5.73 Å². The van der Waals surface area contributed by atoms with Crippen LogP contribution in [0, 0.1) is 0 Å². The van der Waals surface area contributed by atoms with Gasteiger partial charge in [0.05, 0.1) is 4.88 Å². The van der Waals surface area contributed by atoms with Gasteiger partial charge in [-0.15, -0.1) is 11.3 Å². The molecular formula is C12H19N3O2S3. The van der Waals surface area contributed by atoms with E-state index in [0.29, 0.717) is 22.2 Å². The van der Waals surface area contributed by atoms with E-state index in [2.05, 4.69) is 4.90 Å². The third-order valence-corrected chi connectivity index (χ3v) is 7.48. The molecule has 1 aliphatic heterocycles. The molecule has 0 radical (unpaired) electrons. The predicted molar refractivity (Wildman–Crippen MR) is 85.7 cm³/mol. The van der Waals surface area contributed by atoms with Gasteiger partial charge in [-0.05, 0) is 33.0 Å². The molecule has 0 spiro atoms. The van der Waals surface area contributed by atoms with Crippen LogP contribution >= 0.6 is 23.6 Å². The Labute approximate surface area is 129 Å². The molecular weight excluding hydrogens is 314 g/mol. The Morgan fingerprint density at radius 1 is 1.40 bits per heavy atom. The van der Waals surface area contributed by atoms with Crippen LogP contribution in [0.2, 0.25) is 0 Å². The zero-order valence-corrected chi connectivity index (χ0v) is 14.2. The first-order valence-electron chi connectivity index (χ1n) is 6.25. The van der Waals surface area contributed by atoms with Crippen molar-refractivity contribution >= 4 is 38.6 Å². The van der Waals surface area contributed by atoms with Gasteiger partial charge < -0.3 is 5.73 Å². The number of likely N-dealkylation sites (N-methyl/N-ethyl adjacent to an activating group) is 1. The van der Waals surface area contributed by atoms with Crippen LogP contribution in [0.25, 0.3) is 0 Å². The minimum atomic E-state index is -3.46. The Bertz CT molecular complexity index is 622. The van der Waals surface area contributed by atoms with Gasteiger partial charge >= 0.3 is 0 Å². The minimum absolute atomic E-state index is 0.172. The fourth-order valence-electron chi connectivity index (χ4n) is 2.12. The lowest BCUT2D eigenvalue weighted by Crippen LogP contribution is -2.58. The van der Waals surface area contributed by atoms with E-state index < -0.39 is 10.0 Å². The summed E-state index contributed by atoms with van der Waals surface area (Å²) in [4.78, 5) is 3.04. The highest BCUT2D eigenvalue weighted by atomic mass is 32.2. The van der Waals surface area contributed by atoms with Gasteiger partial charge in [0.15, 0.2) is 0 Å². The van der Waals surface area contributed by atoms with Crippen LogP contribution in [0.3, 0.4) is 0 Å². The van der Waals surface area contributed by atoms with Gasteiger partial charge in [-0.1, -0.05) is 12.2 Å². The van der Waals surface area contributed by atoms with Gasteiger partial charge in [0, 0.05) is 25.2 Å².